The molecule has 1 aromatic heterocycles. The Morgan fingerprint density at radius 2 is 1.94 bits per heavy atom. The van der Waals surface area contributed by atoms with Gasteiger partial charge in [-0.3, -0.25) is 4.98 Å². The Balaban J connectivity index is 2.38. The number of rotatable bonds is 3. The van der Waals surface area contributed by atoms with Gasteiger partial charge in [0.05, 0.1) is 12.8 Å². The minimum Gasteiger partial charge on any atom is -0.497 e. The predicted octanol–water partition coefficient (Wildman–Crippen LogP) is 2.52. The van der Waals surface area contributed by atoms with Crippen LogP contribution in [0, 0.1) is 6.92 Å². The zero-order valence-corrected chi connectivity index (χ0v) is 10.1. The third-order valence-corrected chi connectivity index (χ3v) is 2.73. The summed E-state index contributed by atoms with van der Waals surface area (Å²) in [4.78, 5) is 4.45. The van der Waals surface area contributed by atoms with Crippen LogP contribution < -0.4 is 10.5 Å². The molecule has 0 spiro atoms. The van der Waals surface area contributed by atoms with Gasteiger partial charge in [0.2, 0.25) is 0 Å². The Kier molecular flexibility index (Phi) is 3.40. The highest BCUT2D eigenvalue weighted by atomic mass is 16.5. The fourth-order valence-electron chi connectivity index (χ4n) is 1.80. The standard InChI is InChI=1S/C14H16N2O/c1-10-7-11(8-15)9-16-14(10)12-3-5-13(17-2)6-4-12/h3-7,9H,8,15H2,1-2H3. The predicted molar refractivity (Wildman–Crippen MR) is 68.9 cm³/mol. The van der Waals surface area contributed by atoms with E-state index in [0.717, 1.165) is 28.1 Å². The third kappa shape index (κ3) is 2.45. The summed E-state index contributed by atoms with van der Waals surface area (Å²) in [6.07, 6.45) is 1.83. The SMILES string of the molecule is COc1ccc(-c2ncc(CN)cc2C)cc1. The first-order chi connectivity index (χ1) is 8.24. The number of nitrogens with two attached hydrogens (primary N) is 1. The van der Waals surface area contributed by atoms with Crippen molar-refractivity contribution in [2.24, 2.45) is 5.73 Å². The van der Waals surface area contributed by atoms with Gasteiger partial charge in [-0.1, -0.05) is 6.07 Å². The van der Waals surface area contributed by atoms with Crippen LogP contribution in [0.3, 0.4) is 0 Å². The molecule has 0 unspecified atom stereocenters. The zero-order chi connectivity index (χ0) is 12.3. The summed E-state index contributed by atoms with van der Waals surface area (Å²) < 4.78 is 5.13. The molecule has 3 nitrogen and oxygen atoms in total. The summed E-state index contributed by atoms with van der Waals surface area (Å²) >= 11 is 0. The molecule has 88 valence electrons. The summed E-state index contributed by atoms with van der Waals surface area (Å²) in [5.41, 5.74) is 9.86. The van der Waals surface area contributed by atoms with Crippen LogP contribution in [0.2, 0.25) is 0 Å². The number of ether oxygens (including phenoxy) is 1. The van der Waals surface area contributed by atoms with Crippen LogP contribution in [0.25, 0.3) is 11.3 Å². The molecular formula is C14H16N2O. The van der Waals surface area contributed by atoms with Crippen molar-refractivity contribution in [3.63, 3.8) is 0 Å². The fourth-order valence-corrected chi connectivity index (χ4v) is 1.80. The first-order valence-electron chi connectivity index (χ1n) is 5.54. The average Bonchev–Trinajstić information content (AvgIpc) is 2.39. The maximum absolute atomic E-state index is 5.59. The lowest BCUT2D eigenvalue weighted by Gasteiger charge is -2.07. The van der Waals surface area contributed by atoms with Crippen LogP contribution in [-0.2, 0) is 6.54 Å². The lowest BCUT2D eigenvalue weighted by molar-refractivity contribution is 0.415. The monoisotopic (exact) mass is 228 g/mol. The molecule has 0 aliphatic carbocycles. The van der Waals surface area contributed by atoms with Crippen LogP contribution >= 0.6 is 0 Å². The van der Waals surface area contributed by atoms with Crippen LogP contribution in [-0.4, -0.2) is 12.1 Å². The molecule has 0 amide bonds. The van der Waals surface area contributed by atoms with E-state index in [1.807, 2.05) is 37.4 Å². The van der Waals surface area contributed by atoms with Gasteiger partial charge < -0.3 is 10.5 Å². The third-order valence-electron chi connectivity index (χ3n) is 2.73. The molecule has 0 saturated carbocycles. The van der Waals surface area contributed by atoms with Crippen molar-refractivity contribution in [3.05, 3.63) is 47.7 Å². The fraction of sp³-hybridized carbons (Fsp3) is 0.214. The topological polar surface area (TPSA) is 48.1 Å². The molecule has 0 bridgehead atoms. The van der Waals surface area contributed by atoms with E-state index >= 15 is 0 Å². The minimum atomic E-state index is 0.525. The molecule has 0 aliphatic rings. The van der Waals surface area contributed by atoms with Crippen molar-refractivity contribution >= 4 is 0 Å². The number of methoxy groups -OCH3 is 1. The smallest absolute Gasteiger partial charge is 0.118 e. The lowest BCUT2D eigenvalue weighted by atomic mass is 10.1. The van der Waals surface area contributed by atoms with Gasteiger partial charge in [0.1, 0.15) is 5.75 Å². The molecule has 2 aromatic rings. The lowest BCUT2D eigenvalue weighted by Crippen LogP contribution is -1.99. The Hall–Kier alpha value is -1.87. The van der Waals surface area contributed by atoms with E-state index in [2.05, 4.69) is 11.1 Å². The highest BCUT2D eigenvalue weighted by Gasteiger charge is 2.04. The molecule has 0 fully saturated rings. The Morgan fingerprint density at radius 3 is 2.47 bits per heavy atom. The maximum Gasteiger partial charge on any atom is 0.118 e. The quantitative estimate of drug-likeness (QED) is 0.878. The van der Waals surface area contributed by atoms with Gasteiger partial charge in [0.25, 0.3) is 0 Å². The first-order valence-corrected chi connectivity index (χ1v) is 5.54. The number of pyridine rings is 1. The van der Waals surface area contributed by atoms with Gasteiger partial charge in [-0.05, 0) is 42.3 Å². The van der Waals surface area contributed by atoms with E-state index in [1.165, 1.54) is 0 Å². The molecule has 2 rings (SSSR count). The van der Waals surface area contributed by atoms with E-state index < -0.39 is 0 Å². The zero-order valence-electron chi connectivity index (χ0n) is 10.1. The molecule has 0 radical (unpaired) electrons. The second-order valence-corrected chi connectivity index (χ2v) is 3.94. The van der Waals surface area contributed by atoms with Crippen LogP contribution in [0.1, 0.15) is 11.1 Å². The van der Waals surface area contributed by atoms with E-state index in [9.17, 15) is 0 Å². The number of hydrogen-bond donors (Lipinski definition) is 1. The van der Waals surface area contributed by atoms with Gasteiger partial charge in [0.15, 0.2) is 0 Å². The maximum atomic E-state index is 5.59. The van der Waals surface area contributed by atoms with E-state index in [4.69, 9.17) is 10.5 Å². The highest BCUT2D eigenvalue weighted by Crippen LogP contribution is 2.23. The van der Waals surface area contributed by atoms with Gasteiger partial charge in [-0.15, -0.1) is 0 Å². The summed E-state index contributed by atoms with van der Waals surface area (Å²) in [6.45, 7) is 2.57. The number of nitrogens with zero attached hydrogens (tertiary/aromatic N) is 1. The Morgan fingerprint density at radius 1 is 1.24 bits per heavy atom. The molecule has 17 heavy (non-hydrogen) atoms. The second kappa shape index (κ2) is 4.97. The Labute approximate surface area is 101 Å². The largest absolute Gasteiger partial charge is 0.497 e. The van der Waals surface area contributed by atoms with Crippen molar-refractivity contribution in [1.29, 1.82) is 0 Å². The molecule has 3 heteroatoms. The average molecular weight is 228 g/mol. The van der Waals surface area contributed by atoms with Crippen molar-refractivity contribution in [3.8, 4) is 17.0 Å². The van der Waals surface area contributed by atoms with Crippen molar-refractivity contribution < 1.29 is 4.74 Å². The van der Waals surface area contributed by atoms with Gasteiger partial charge in [-0.25, -0.2) is 0 Å². The van der Waals surface area contributed by atoms with Crippen molar-refractivity contribution in [2.75, 3.05) is 7.11 Å². The van der Waals surface area contributed by atoms with E-state index in [-0.39, 0.29) is 0 Å². The van der Waals surface area contributed by atoms with Crippen LogP contribution in [0.4, 0.5) is 0 Å². The molecule has 1 heterocycles. The van der Waals surface area contributed by atoms with Gasteiger partial charge in [-0.2, -0.15) is 0 Å². The number of hydrogen-bond acceptors (Lipinski definition) is 3. The van der Waals surface area contributed by atoms with E-state index in [1.54, 1.807) is 7.11 Å². The second-order valence-electron chi connectivity index (χ2n) is 3.94. The molecule has 2 N–H and O–H groups in total. The highest BCUT2D eigenvalue weighted by molar-refractivity contribution is 5.63. The van der Waals surface area contributed by atoms with Gasteiger partial charge >= 0.3 is 0 Å². The summed E-state index contributed by atoms with van der Waals surface area (Å²) in [5.74, 6) is 0.852. The Bertz CT molecular complexity index is 506. The summed E-state index contributed by atoms with van der Waals surface area (Å²) in [7, 11) is 1.66. The minimum absolute atomic E-state index is 0.525. The molecule has 1 aromatic carbocycles. The van der Waals surface area contributed by atoms with Gasteiger partial charge in [0, 0.05) is 18.3 Å². The molecule has 0 saturated heterocycles. The number of benzene rings is 1. The van der Waals surface area contributed by atoms with Crippen molar-refractivity contribution in [2.45, 2.75) is 13.5 Å². The van der Waals surface area contributed by atoms with Crippen molar-refractivity contribution in [1.82, 2.24) is 4.98 Å². The van der Waals surface area contributed by atoms with Crippen LogP contribution in [0.15, 0.2) is 36.5 Å². The number of aromatic nitrogens is 1. The normalized spacial score (nSPS) is 10.3. The first kappa shape index (κ1) is 11.6. The molecular weight excluding hydrogens is 212 g/mol. The van der Waals surface area contributed by atoms with Crippen LogP contribution in [0.5, 0.6) is 5.75 Å². The molecule has 0 aliphatic heterocycles. The summed E-state index contributed by atoms with van der Waals surface area (Å²) in [6, 6.07) is 9.97. The van der Waals surface area contributed by atoms with E-state index in [0.29, 0.717) is 6.54 Å². The summed E-state index contributed by atoms with van der Waals surface area (Å²) in [5, 5.41) is 0. The number of aryl methyl sites for hydroxylation is 1. The molecule has 0 atom stereocenters.